The van der Waals surface area contributed by atoms with E-state index in [1.54, 1.807) is 6.07 Å². The van der Waals surface area contributed by atoms with Crippen molar-refractivity contribution in [1.82, 2.24) is 10.2 Å². The second-order valence-corrected chi connectivity index (χ2v) is 7.45. The van der Waals surface area contributed by atoms with Crippen LogP contribution in [0, 0.1) is 0 Å². The van der Waals surface area contributed by atoms with Gasteiger partial charge in [0.25, 0.3) is 5.91 Å². The monoisotopic (exact) mass is 412 g/mol. The molecule has 0 heterocycles. The van der Waals surface area contributed by atoms with Gasteiger partial charge in [0.15, 0.2) is 5.11 Å². The molecule has 1 aromatic carbocycles. The summed E-state index contributed by atoms with van der Waals surface area (Å²) < 4.78 is 6.52. The molecular weight excluding hydrogens is 388 g/mol. The molecule has 0 aromatic heterocycles. The number of hydrogen-bond acceptors (Lipinski definition) is 3. The van der Waals surface area contributed by atoms with Gasteiger partial charge >= 0.3 is 0 Å². The third-order valence-corrected chi connectivity index (χ3v) is 5.19. The molecule has 4 nitrogen and oxygen atoms in total. The summed E-state index contributed by atoms with van der Waals surface area (Å²) in [6.07, 6.45) is 6.90. The minimum absolute atomic E-state index is 0.227. The fourth-order valence-corrected chi connectivity index (χ4v) is 3.51. The summed E-state index contributed by atoms with van der Waals surface area (Å²) in [6.45, 7) is 2.61. The van der Waals surface area contributed by atoms with Crippen molar-refractivity contribution in [2.24, 2.45) is 0 Å². The molecule has 1 amide bonds. The molecule has 1 N–H and O–H groups in total. The van der Waals surface area contributed by atoms with Crippen LogP contribution >= 0.6 is 28.1 Å². The zero-order valence-electron chi connectivity index (χ0n) is 14.3. The number of hydrogen-bond donors (Lipinski definition) is 1. The normalized spacial score (nSPS) is 15.0. The van der Waals surface area contributed by atoms with Crippen molar-refractivity contribution in [2.45, 2.75) is 51.5 Å². The standard InChI is InChI=1S/C18H25BrN2O2S/c1-3-11-23-16-10-9-13(19)12-15(16)17(22)20-18(24)21(2)14-7-5-4-6-8-14/h9-10,12,14H,3-8,11H2,1-2H3,(H,20,22,24). The van der Waals surface area contributed by atoms with Gasteiger partial charge in [0.1, 0.15) is 5.75 Å². The maximum Gasteiger partial charge on any atom is 0.261 e. The largest absolute Gasteiger partial charge is 0.493 e. The SMILES string of the molecule is CCCOc1ccc(Br)cc1C(=O)NC(=S)N(C)C1CCCCC1. The van der Waals surface area contributed by atoms with Crippen molar-refractivity contribution >= 4 is 39.2 Å². The van der Waals surface area contributed by atoms with Gasteiger partial charge in [0.2, 0.25) is 0 Å². The lowest BCUT2D eigenvalue weighted by molar-refractivity contribution is 0.0967. The Balaban J connectivity index is 2.05. The highest BCUT2D eigenvalue weighted by molar-refractivity contribution is 9.10. The quantitative estimate of drug-likeness (QED) is 0.721. The molecule has 132 valence electrons. The molecule has 1 aliphatic rings. The number of benzene rings is 1. The second kappa shape index (κ2) is 9.37. The molecule has 1 aromatic rings. The van der Waals surface area contributed by atoms with Crippen molar-refractivity contribution in [1.29, 1.82) is 0 Å². The van der Waals surface area contributed by atoms with Gasteiger partial charge in [0, 0.05) is 17.6 Å². The van der Waals surface area contributed by atoms with E-state index >= 15 is 0 Å². The summed E-state index contributed by atoms with van der Waals surface area (Å²) in [5.41, 5.74) is 0.497. The average Bonchev–Trinajstić information content (AvgIpc) is 2.60. The Morgan fingerprint density at radius 3 is 2.75 bits per heavy atom. The zero-order valence-corrected chi connectivity index (χ0v) is 16.7. The van der Waals surface area contributed by atoms with Gasteiger partial charge in [-0.3, -0.25) is 10.1 Å². The Bertz CT molecular complexity index is 588. The van der Waals surface area contributed by atoms with Crippen LogP contribution in [-0.2, 0) is 0 Å². The maximum absolute atomic E-state index is 12.7. The van der Waals surface area contributed by atoms with Gasteiger partial charge in [-0.15, -0.1) is 0 Å². The van der Waals surface area contributed by atoms with Crippen molar-refractivity contribution in [2.75, 3.05) is 13.7 Å². The molecule has 1 saturated carbocycles. The molecule has 0 saturated heterocycles. The number of thiocarbonyl (C=S) groups is 1. The molecule has 0 spiro atoms. The number of nitrogens with one attached hydrogen (secondary N) is 1. The van der Waals surface area contributed by atoms with E-state index in [0.29, 0.717) is 29.1 Å². The average molecular weight is 413 g/mol. The number of carbonyl (C=O) groups is 1. The van der Waals surface area contributed by atoms with E-state index in [0.717, 1.165) is 23.7 Å². The fourth-order valence-electron chi connectivity index (χ4n) is 2.90. The lowest BCUT2D eigenvalue weighted by Gasteiger charge is -2.32. The lowest BCUT2D eigenvalue weighted by Crippen LogP contribution is -2.46. The molecule has 2 rings (SSSR count). The van der Waals surface area contributed by atoms with Crippen LogP contribution < -0.4 is 10.1 Å². The van der Waals surface area contributed by atoms with E-state index in [4.69, 9.17) is 17.0 Å². The summed E-state index contributed by atoms with van der Waals surface area (Å²) in [5, 5.41) is 3.33. The Morgan fingerprint density at radius 1 is 1.38 bits per heavy atom. The first-order valence-corrected chi connectivity index (χ1v) is 9.73. The first-order valence-electron chi connectivity index (χ1n) is 8.53. The summed E-state index contributed by atoms with van der Waals surface area (Å²) in [5.74, 6) is 0.357. The van der Waals surface area contributed by atoms with Crippen LogP contribution in [0.4, 0.5) is 0 Å². The third kappa shape index (κ3) is 5.18. The number of carbonyl (C=O) groups excluding carboxylic acids is 1. The molecule has 1 aliphatic carbocycles. The van der Waals surface area contributed by atoms with Crippen LogP contribution in [-0.4, -0.2) is 35.6 Å². The van der Waals surface area contributed by atoms with Crippen LogP contribution in [0.5, 0.6) is 5.75 Å². The lowest BCUT2D eigenvalue weighted by atomic mass is 9.95. The molecule has 1 fully saturated rings. The highest BCUT2D eigenvalue weighted by Gasteiger charge is 2.22. The van der Waals surface area contributed by atoms with Crippen LogP contribution in [0.2, 0.25) is 0 Å². The molecule has 0 unspecified atom stereocenters. The second-order valence-electron chi connectivity index (χ2n) is 6.15. The number of rotatable bonds is 5. The van der Waals surface area contributed by atoms with Crippen molar-refractivity contribution in [3.05, 3.63) is 28.2 Å². The van der Waals surface area contributed by atoms with Crippen molar-refractivity contribution in [3.8, 4) is 5.75 Å². The van der Waals surface area contributed by atoms with Gasteiger partial charge in [-0.1, -0.05) is 42.1 Å². The minimum Gasteiger partial charge on any atom is -0.493 e. The first kappa shape index (κ1) is 19.2. The predicted octanol–water partition coefficient (Wildman–Crippen LogP) is 4.52. The van der Waals surface area contributed by atoms with Crippen LogP contribution in [0.1, 0.15) is 55.8 Å². The molecule has 0 atom stereocenters. The fraction of sp³-hybridized carbons (Fsp3) is 0.556. The zero-order chi connectivity index (χ0) is 17.5. The van der Waals surface area contributed by atoms with Gasteiger partial charge in [-0.25, -0.2) is 0 Å². The molecule has 6 heteroatoms. The van der Waals surface area contributed by atoms with Gasteiger partial charge in [-0.2, -0.15) is 0 Å². The topological polar surface area (TPSA) is 41.6 Å². The summed E-state index contributed by atoms with van der Waals surface area (Å²) in [4.78, 5) is 14.7. The van der Waals surface area contributed by atoms with E-state index in [1.165, 1.54) is 19.3 Å². The molecule has 0 radical (unpaired) electrons. The highest BCUT2D eigenvalue weighted by Crippen LogP contribution is 2.24. The number of halogens is 1. The van der Waals surface area contributed by atoms with E-state index in [-0.39, 0.29) is 5.91 Å². The molecule has 24 heavy (non-hydrogen) atoms. The molecular formula is C18H25BrN2O2S. The summed E-state index contributed by atoms with van der Waals surface area (Å²) in [7, 11) is 1.97. The van der Waals surface area contributed by atoms with E-state index in [1.807, 2.05) is 31.0 Å². The van der Waals surface area contributed by atoms with Crippen molar-refractivity contribution in [3.63, 3.8) is 0 Å². The predicted molar refractivity (Wildman–Crippen MR) is 105 cm³/mol. The maximum atomic E-state index is 12.7. The highest BCUT2D eigenvalue weighted by atomic mass is 79.9. The van der Waals surface area contributed by atoms with Gasteiger partial charge < -0.3 is 9.64 Å². The van der Waals surface area contributed by atoms with Gasteiger partial charge in [-0.05, 0) is 49.7 Å². The molecule has 0 bridgehead atoms. The van der Waals surface area contributed by atoms with Crippen molar-refractivity contribution < 1.29 is 9.53 Å². The van der Waals surface area contributed by atoms with E-state index < -0.39 is 0 Å². The smallest absolute Gasteiger partial charge is 0.261 e. The Kier molecular flexibility index (Phi) is 7.49. The Morgan fingerprint density at radius 2 is 2.08 bits per heavy atom. The summed E-state index contributed by atoms with van der Waals surface area (Å²) >= 11 is 8.85. The third-order valence-electron chi connectivity index (χ3n) is 4.31. The number of nitrogens with zero attached hydrogens (tertiary/aromatic N) is 1. The van der Waals surface area contributed by atoms with E-state index in [2.05, 4.69) is 21.2 Å². The number of amides is 1. The van der Waals surface area contributed by atoms with Crippen LogP contribution in [0.15, 0.2) is 22.7 Å². The van der Waals surface area contributed by atoms with E-state index in [9.17, 15) is 4.79 Å². The Hall–Kier alpha value is -1.14. The summed E-state index contributed by atoms with van der Waals surface area (Å²) in [6, 6.07) is 5.87. The minimum atomic E-state index is -0.227. The van der Waals surface area contributed by atoms with Crippen LogP contribution in [0.25, 0.3) is 0 Å². The first-order chi connectivity index (χ1) is 11.5. The number of ether oxygens (including phenoxy) is 1. The van der Waals surface area contributed by atoms with Crippen LogP contribution in [0.3, 0.4) is 0 Å². The molecule has 0 aliphatic heterocycles. The van der Waals surface area contributed by atoms with Gasteiger partial charge in [0.05, 0.1) is 12.2 Å². The Labute approximate surface area is 158 Å².